The first-order valence-corrected chi connectivity index (χ1v) is 11.6. The molecule has 0 radical (unpaired) electrons. The Balaban J connectivity index is 1.65. The zero-order valence-corrected chi connectivity index (χ0v) is 18.4. The highest BCUT2D eigenvalue weighted by molar-refractivity contribution is 7.98. The third kappa shape index (κ3) is 4.95. The van der Waals surface area contributed by atoms with E-state index < -0.39 is 6.41 Å². The summed E-state index contributed by atoms with van der Waals surface area (Å²) >= 11 is 1.48. The number of aliphatic hydroxyl groups is 1. The van der Waals surface area contributed by atoms with Crippen LogP contribution in [0.1, 0.15) is 31.4 Å². The van der Waals surface area contributed by atoms with Crippen molar-refractivity contribution in [2.24, 2.45) is 0 Å². The van der Waals surface area contributed by atoms with Crippen molar-refractivity contribution in [3.05, 3.63) is 54.2 Å². The average Bonchev–Trinajstić information content (AvgIpc) is 3.25. The Morgan fingerprint density at radius 2 is 1.94 bits per heavy atom. The predicted molar refractivity (Wildman–Crippen MR) is 118 cm³/mol. The quantitative estimate of drug-likeness (QED) is 0.339. The summed E-state index contributed by atoms with van der Waals surface area (Å²) in [7, 11) is 0. The number of hydrogen-bond acceptors (Lipinski definition) is 7. The van der Waals surface area contributed by atoms with Gasteiger partial charge >= 0.3 is 0 Å². The molecule has 0 spiro atoms. The Morgan fingerprint density at radius 1 is 1.19 bits per heavy atom. The zero-order chi connectivity index (χ0) is 21.8. The van der Waals surface area contributed by atoms with Gasteiger partial charge in [-0.3, -0.25) is 9.47 Å². The minimum absolute atomic E-state index is 0.257. The van der Waals surface area contributed by atoms with Crippen molar-refractivity contribution in [2.45, 2.75) is 37.3 Å². The maximum absolute atomic E-state index is 13.5. The summed E-state index contributed by atoms with van der Waals surface area (Å²) in [6.07, 6.45) is 6.56. The number of aliphatic hydroxyl groups excluding tert-OH is 1. The molecule has 7 nitrogen and oxygen atoms in total. The maximum atomic E-state index is 13.5. The number of piperidine rings is 1. The lowest BCUT2D eigenvalue weighted by Gasteiger charge is -2.33. The van der Waals surface area contributed by atoms with E-state index in [0.717, 1.165) is 48.8 Å². The van der Waals surface area contributed by atoms with E-state index in [-0.39, 0.29) is 11.7 Å². The van der Waals surface area contributed by atoms with E-state index in [4.69, 9.17) is 9.72 Å². The molecule has 3 aromatic rings. The van der Waals surface area contributed by atoms with Crippen molar-refractivity contribution in [3.63, 3.8) is 0 Å². The first-order valence-electron chi connectivity index (χ1n) is 10.4. The monoisotopic (exact) mass is 443 g/mol. The normalized spacial score (nSPS) is 16.5. The van der Waals surface area contributed by atoms with Gasteiger partial charge in [0, 0.05) is 43.6 Å². The molecular formula is C22H26FN5O2S. The number of rotatable bonds is 7. The summed E-state index contributed by atoms with van der Waals surface area (Å²) in [6, 6.07) is 8.19. The van der Waals surface area contributed by atoms with E-state index in [2.05, 4.69) is 9.97 Å². The van der Waals surface area contributed by atoms with Crippen LogP contribution >= 0.6 is 11.8 Å². The second-order valence-corrected chi connectivity index (χ2v) is 8.13. The van der Waals surface area contributed by atoms with Gasteiger partial charge in [0.1, 0.15) is 17.5 Å². The fourth-order valence-electron chi connectivity index (χ4n) is 3.81. The van der Waals surface area contributed by atoms with Crippen molar-refractivity contribution in [1.29, 1.82) is 0 Å². The molecule has 1 aromatic carbocycles. The van der Waals surface area contributed by atoms with Crippen LogP contribution in [0.5, 0.6) is 0 Å². The lowest BCUT2D eigenvalue weighted by molar-refractivity contribution is -0.195. The highest BCUT2D eigenvalue weighted by Crippen LogP contribution is 2.32. The van der Waals surface area contributed by atoms with Gasteiger partial charge < -0.3 is 9.84 Å². The summed E-state index contributed by atoms with van der Waals surface area (Å²) in [5.74, 6) is 1.42. The molecule has 0 amide bonds. The standard InChI is InChI=1S/C22H26FN5O2S/c1-3-30-22(29)27-12-9-15(10-13-27)18-14-28(19-8-11-24-21(26-19)31-2)20(25-18)16-4-6-17(23)7-5-16/h4-8,11,14-15,22,29H,3,9-10,12-13H2,1-2H3. The predicted octanol–water partition coefficient (Wildman–Crippen LogP) is 3.68. The molecule has 1 saturated heterocycles. The molecule has 1 unspecified atom stereocenters. The van der Waals surface area contributed by atoms with Crippen LogP contribution in [0.15, 0.2) is 47.9 Å². The maximum Gasteiger partial charge on any atom is 0.216 e. The molecule has 1 aliphatic rings. The molecule has 9 heteroatoms. The van der Waals surface area contributed by atoms with Gasteiger partial charge in [0.2, 0.25) is 6.41 Å². The smallest absolute Gasteiger partial charge is 0.216 e. The molecule has 0 bridgehead atoms. The molecule has 1 fully saturated rings. The van der Waals surface area contributed by atoms with Crippen LogP contribution in [0.3, 0.4) is 0 Å². The molecule has 31 heavy (non-hydrogen) atoms. The lowest BCUT2D eigenvalue weighted by atomic mass is 9.94. The minimum Gasteiger partial charge on any atom is -0.356 e. The Labute approximate surface area is 185 Å². The van der Waals surface area contributed by atoms with Gasteiger partial charge in [-0.2, -0.15) is 0 Å². The lowest BCUT2D eigenvalue weighted by Crippen LogP contribution is -2.42. The Hall–Kier alpha value is -2.33. The van der Waals surface area contributed by atoms with Gasteiger partial charge in [-0.25, -0.2) is 19.3 Å². The highest BCUT2D eigenvalue weighted by atomic mass is 32.2. The van der Waals surface area contributed by atoms with Gasteiger partial charge in [0.15, 0.2) is 5.16 Å². The van der Waals surface area contributed by atoms with Crippen molar-refractivity contribution in [3.8, 4) is 17.2 Å². The first-order chi connectivity index (χ1) is 15.1. The number of likely N-dealkylation sites (tertiary alicyclic amines) is 1. The molecule has 1 N–H and O–H groups in total. The number of aromatic nitrogens is 4. The van der Waals surface area contributed by atoms with Crippen molar-refractivity contribution < 1.29 is 14.2 Å². The van der Waals surface area contributed by atoms with Crippen LogP contribution in [0.2, 0.25) is 0 Å². The second-order valence-electron chi connectivity index (χ2n) is 7.36. The van der Waals surface area contributed by atoms with E-state index in [9.17, 15) is 9.50 Å². The number of ether oxygens (including phenoxy) is 1. The minimum atomic E-state index is -0.857. The molecule has 0 aliphatic carbocycles. The number of thioether (sulfide) groups is 1. The van der Waals surface area contributed by atoms with E-state index in [1.54, 1.807) is 18.3 Å². The SMILES string of the molecule is CCOC(O)N1CCC(c2cn(-c3ccnc(SC)n3)c(-c3ccc(F)cc3)n2)CC1. The number of benzene rings is 1. The van der Waals surface area contributed by atoms with Crippen LogP contribution in [0.4, 0.5) is 4.39 Å². The average molecular weight is 444 g/mol. The third-order valence-electron chi connectivity index (χ3n) is 5.45. The molecule has 1 aliphatic heterocycles. The Bertz CT molecular complexity index is 1010. The number of halogens is 1. The van der Waals surface area contributed by atoms with Crippen LogP contribution in [-0.2, 0) is 4.74 Å². The van der Waals surface area contributed by atoms with E-state index in [1.807, 2.05) is 34.9 Å². The van der Waals surface area contributed by atoms with E-state index >= 15 is 0 Å². The van der Waals surface area contributed by atoms with Gasteiger partial charge in [0.25, 0.3) is 0 Å². The van der Waals surface area contributed by atoms with Gasteiger partial charge in [0.05, 0.1) is 5.69 Å². The van der Waals surface area contributed by atoms with Gasteiger partial charge in [-0.05, 0) is 56.4 Å². The summed E-state index contributed by atoms with van der Waals surface area (Å²) < 4.78 is 20.7. The largest absolute Gasteiger partial charge is 0.356 e. The summed E-state index contributed by atoms with van der Waals surface area (Å²) in [5.41, 5.74) is 1.79. The first kappa shape index (κ1) is 21.9. The van der Waals surface area contributed by atoms with Gasteiger partial charge in [-0.1, -0.05) is 11.8 Å². The summed E-state index contributed by atoms with van der Waals surface area (Å²) in [5, 5.41) is 10.8. The Morgan fingerprint density at radius 3 is 2.61 bits per heavy atom. The zero-order valence-electron chi connectivity index (χ0n) is 17.6. The second kappa shape index (κ2) is 9.86. The molecule has 1 atom stereocenters. The molecule has 3 heterocycles. The third-order valence-corrected chi connectivity index (χ3v) is 6.01. The number of nitrogens with zero attached hydrogens (tertiary/aromatic N) is 5. The molecule has 4 rings (SSSR count). The molecule has 2 aromatic heterocycles. The van der Waals surface area contributed by atoms with Crippen molar-refractivity contribution in [1.82, 2.24) is 24.4 Å². The van der Waals surface area contributed by atoms with Crippen LogP contribution in [0.25, 0.3) is 17.2 Å². The van der Waals surface area contributed by atoms with Crippen LogP contribution < -0.4 is 0 Å². The molecule has 0 saturated carbocycles. The van der Waals surface area contributed by atoms with Crippen LogP contribution in [0, 0.1) is 5.82 Å². The van der Waals surface area contributed by atoms with E-state index in [0.29, 0.717) is 11.8 Å². The summed E-state index contributed by atoms with van der Waals surface area (Å²) in [6.45, 7) is 3.81. The van der Waals surface area contributed by atoms with Crippen LogP contribution in [-0.4, -0.2) is 61.9 Å². The highest BCUT2D eigenvalue weighted by Gasteiger charge is 2.27. The fraction of sp³-hybridized carbons (Fsp3) is 0.409. The Kier molecular flexibility index (Phi) is 6.96. The fourth-order valence-corrected chi connectivity index (χ4v) is 4.16. The summed E-state index contributed by atoms with van der Waals surface area (Å²) in [4.78, 5) is 15.8. The van der Waals surface area contributed by atoms with E-state index in [1.165, 1.54) is 23.9 Å². The molecular weight excluding hydrogens is 417 g/mol. The van der Waals surface area contributed by atoms with Crippen molar-refractivity contribution >= 4 is 11.8 Å². The topological polar surface area (TPSA) is 76.3 Å². The number of hydrogen-bond donors (Lipinski definition) is 1. The van der Waals surface area contributed by atoms with Gasteiger partial charge in [-0.15, -0.1) is 0 Å². The molecule has 164 valence electrons. The van der Waals surface area contributed by atoms with Crippen molar-refractivity contribution in [2.75, 3.05) is 26.0 Å². The number of imidazole rings is 1.